The highest BCUT2D eigenvalue weighted by Crippen LogP contribution is 2.11. The molecule has 0 aliphatic carbocycles. The third-order valence-electron chi connectivity index (χ3n) is 2.66. The number of halogens is 1. The zero-order chi connectivity index (χ0) is 16.9. The molecule has 2 atom stereocenters. The van der Waals surface area contributed by atoms with Gasteiger partial charge < -0.3 is 20.3 Å². The van der Waals surface area contributed by atoms with E-state index in [2.05, 4.69) is 5.32 Å². The normalized spacial score (nSPS) is 14.0. The first-order valence-corrected chi connectivity index (χ1v) is 6.73. The van der Waals surface area contributed by atoms with Crippen LogP contribution in [0.4, 0.5) is 9.18 Å². The first-order chi connectivity index (χ1) is 10.1. The standard InChI is InChI=1S/C15H20FNO5/c1-15(2,3)22-14(21)17-12(13(19)20)11(18)8-9-5-4-6-10(16)7-9/h4-7,11-12,18H,8H2,1-3H3,(H,17,21)(H,19,20)/t11-,12-/m0/s1. The molecular formula is C15H20FNO5. The van der Waals surface area contributed by atoms with Crippen molar-refractivity contribution in [1.29, 1.82) is 0 Å². The molecule has 122 valence electrons. The van der Waals surface area contributed by atoms with Gasteiger partial charge in [0.2, 0.25) is 0 Å². The Morgan fingerprint density at radius 1 is 1.36 bits per heavy atom. The number of carboxylic acid groups (broad SMARTS) is 1. The van der Waals surface area contributed by atoms with Crippen LogP contribution < -0.4 is 5.32 Å². The van der Waals surface area contributed by atoms with E-state index in [1.807, 2.05) is 0 Å². The van der Waals surface area contributed by atoms with Crippen LogP contribution in [0.25, 0.3) is 0 Å². The molecule has 1 aromatic rings. The molecule has 0 aromatic heterocycles. The van der Waals surface area contributed by atoms with Crippen LogP contribution in [-0.2, 0) is 16.0 Å². The van der Waals surface area contributed by atoms with Crippen molar-refractivity contribution in [2.24, 2.45) is 0 Å². The molecule has 22 heavy (non-hydrogen) atoms. The maximum Gasteiger partial charge on any atom is 0.408 e. The van der Waals surface area contributed by atoms with Crippen LogP contribution >= 0.6 is 0 Å². The van der Waals surface area contributed by atoms with Crippen molar-refractivity contribution in [3.63, 3.8) is 0 Å². The topological polar surface area (TPSA) is 95.9 Å². The number of rotatable bonds is 5. The summed E-state index contributed by atoms with van der Waals surface area (Å²) in [5.74, 6) is -1.90. The SMILES string of the molecule is CC(C)(C)OC(=O)N[C@H](C(=O)O)[C@@H](O)Cc1cccc(F)c1. The molecule has 0 aliphatic rings. The lowest BCUT2D eigenvalue weighted by Crippen LogP contribution is -2.50. The van der Waals surface area contributed by atoms with Crippen LogP contribution in [-0.4, -0.2) is 40.0 Å². The Labute approximate surface area is 127 Å². The predicted molar refractivity (Wildman–Crippen MR) is 76.9 cm³/mol. The number of aliphatic hydroxyl groups excluding tert-OH is 1. The molecule has 6 nitrogen and oxygen atoms in total. The molecule has 1 amide bonds. The average Bonchev–Trinajstić information content (AvgIpc) is 2.33. The highest BCUT2D eigenvalue weighted by molar-refractivity contribution is 5.80. The third-order valence-corrected chi connectivity index (χ3v) is 2.66. The van der Waals surface area contributed by atoms with Crippen LogP contribution in [0.5, 0.6) is 0 Å². The molecule has 0 aliphatic heterocycles. The summed E-state index contributed by atoms with van der Waals surface area (Å²) in [7, 11) is 0. The van der Waals surface area contributed by atoms with Gasteiger partial charge in [0.25, 0.3) is 0 Å². The number of aliphatic carboxylic acids is 1. The molecule has 0 saturated heterocycles. The summed E-state index contributed by atoms with van der Waals surface area (Å²) in [5, 5.41) is 21.2. The second-order valence-electron chi connectivity index (χ2n) is 5.86. The van der Waals surface area contributed by atoms with E-state index in [1.54, 1.807) is 26.8 Å². The maximum absolute atomic E-state index is 13.1. The van der Waals surface area contributed by atoms with Crippen molar-refractivity contribution >= 4 is 12.1 Å². The number of carbonyl (C=O) groups excluding carboxylic acids is 1. The molecule has 0 bridgehead atoms. The van der Waals surface area contributed by atoms with Gasteiger partial charge in [-0.25, -0.2) is 14.0 Å². The second-order valence-corrected chi connectivity index (χ2v) is 5.86. The van der Waals surface area contributed by atoms with E-state index in [-0.39, 0.29) is 6.42 Å². The van der Waals surface area contributed by atoms with Crippen LogP contribution in [0.2, 0.25) is 0 Å². The first kappa shape index (κ1) is 17.9. The number of hydrogen-bond acceptors (Lipinski definition) is 4. The summed E-state index contributed by atoms with van der Waals surface area (Å²) >= 11 is 0. The van der Waals surface area contributed by atoms with Gasteiger partial charge in [0, 0.05) is 6.42 Å². The average molecular weight is 313 g/mol. The minimum absolute atomic E-state index is 0.121. The fourth-order valence-corrected chi connectivity index (χ4v) is 1.78. The Balaban J connectivity index is 2.74. The lowest BCUT2D eigenvalue weighted by atomic mass is 10.0. The highest BCUT2D eigenvalue weighted by atomic mass is 19.1. The lowest BCUT2D eigenvalue weighted by Gasteiger charge is -2.24. The Morgan fingerprint density at radius 2 is 2.00 bits per heavy atom. The Bertz CT molecular complexity index is 541. The molecule has 0 heterocycles. The second kappa shape index (κ2) is 7.22. The van der Waals surface area contributed by atoms with Crippen LogP contribution in [0.3, 0.4) is 0 Å². The smallest absolute Gasteiger partial charge is 0.408 e. The number of nitrogens with one attached hydrogen (secondary N) is 1. The van der Waals surface area contributed by atoms with Crippen molar-refractivity contribution in [3.05, 3.63) is 35.6 Å². The molecule has 0 fully saturated rings. The fraction of sp³-hybridized carbons (Fsp3) is 0.467. The summed E-state index contributed by atoms with van der Waals surface area (Å²) in [5.41, 5.74) is -0.370. The monoisotopic (exact) mass is 313 g/mol. The first-order valence-electron chi connectivity index (χ1n) is 6.73. The molecular weight excluding hydrogens is 293 g/mol. The largest absolute Gasteiger partial charge is 0.480 e. The molecule has 1 rings (SSSR count). The number of ether oxygens (including phenoxy) is 1. The van der Waals surface area contributed by atoms with Gasteiger partial charge in [-0.2, -0.15) is 0 Å². The highest BCUT2D eigenvalue weighted by Gasteiger charge is 2.30. The summed E-state index contributed by atoms with van der Waals surface area (Å²) in [4.78, 5) is 22.8. The minimum atomic E-state index is -1.56. The van der Waals surface area contributed by atoms with E-state index in [4.69, 9.17) is 9.84 Å². The summed E-state index contributed by atoms with van der Waals surface area (Å²) in [6.07, 6.45) is -2.49. The Hall–Kier alpha value is -2.15. The van der Waals surface area contributed by atoms with Gasteiger partial charge in [0.05, 0.1) is 6.10 Å². The number of alkyl carbamates (subject to hydrolysis) is 1. The van der Waals surface area contributed by atoms with Gasteiger partial charge in [-0.1, -0.05) is 12.1 Å². The van der Waals surface area contributed by atoms with Gasteiger partial charge in [0.15, 0.2) is 6.04 Å². The number of hydrogen-bond donors (Lipinski definition) is 3. The number of carboxylic acids is 1. The van der Waals surface area contributed by atoms with E-state index in [9.17, 15) is 19.1 Å². The van der Waals surface area contributed by atoms with Crippen molar-refractivity contribution in [2.75, 3.05) is 0 Å². The van der Waals surface area contributed by atoms with Gasteiger partial charge in [-0.3, -0.25) is 0 Å². The molecule has 0 unspecified atom stereocenters. The lowest BCUT2D eigenvalue weighted by molar-refractivity contribution is -0.142. The molecule has 0 spiro atoms. The van der Waals surface area contributed by atoms with Crippen LogP contribution in [0.1, 0.15) is 26.3 Å². The summed E-state index contributed by atoms with van der Waals surface area (Å²) in [6.45, 7) is 4.89. The number of amides is 1. The van der Waals surface area contributed by atoms with Crippen molar-refractivity contribution < 1.29 is 28.9 Å². The zero-order valence-electron chi connectivity index (χ0n) is 12.7. The number of aliphatic hydroxyl groups is 1. The van der Waals surface area contributed by atoms with Crippen molar-refractivity contribution in [1.82, 2.24) is 5.32 Å². The van der Waals surface area contributed by atoms with E-state index in [1.165, 1.54) is 18.2 Å². The van der Waals surface area contributed by atoms with Gasteiger partial charge >= 0.3 is 12.1 Å². The Morgan fingerprint density at radius 3 is 2.50 bits per heavy atom. The van der Waals surface area contributed by atoms with Crippen LogP contribution in [0.15, 0.2) is 24.3 Å². The molecule has 7 heteroatoms. The maximum atomic E-state index is 13.1. The number of benzene rings is 1. The summed E-state index contributed by atoms with van der Waals surface area (Å²) < 4.78 is 18.0. The van der Waals surface area contributed by atoms with E-state index in [0.29, 0.717) is 5.56 Å². The van der Waals surface area contributed by atoms with Gasteiger partial charge in [0.1, 0.15) is 11.4 Å². The molecule has 0 radical (unpaired) electrons. The van der Waals surface area contributed by atoms with Crippen LogP contribution in [0, 0.1) is 5.82 Å². The molecule has 1 aromatic carbocycles. The fourth-order valence-electron chi connectivity index (χ4n) is 1.78. The van der Waals surface area contributed by atoms with Gasteiger partial charge in [-0.15, -0.1) is 0 Å². The predicted octanol–water partition coefficient (Wildman–Crippen LogP) is 1.71. The van der Waals surface area contributed by atoms with E-state index < -0.39 is 35.6 Å². The minimum Gasteiger partial charge on any atom is -0.480 e. The van der Waals surface area contributed by atoms with E-state index >= 15 is 0 Å². The quantitative estimate of drug-likeness (QED) is 0.769. The third kappa shape index (κ3) is 6.09. The van der Waals surface area contributed by atoms with E-state index in [0.717, 1.165) is 0 Å². The van der Waals surface area contributed by atoms with Crippen molar-refractivity contribution in [3.8, 4) is 0 Å². The van der Waals surface area contributed by atoms with Gasteiger partial charge in [-0.05, 0) is 38.5 Å². The number of carbonyl (C=O) groups is 2. The Kier molecular flexibility index (Phi) is 5.87. The molecule has 0 saturated carbocycles. The molecule has 3 N–H and O–H groups in total. The van der Waals surface area contributed by atoms with Crippen molar-refractivity contribution in [2.45, 2.75) is 44.9 Å². The summed E-state index contributed by atoms with van der Waals surface area (Å²) in [6, 6.07) is 3.88. The zero-order valence-corrected chi connectivity index (χ0v) is 12.7.